The van der Waals surface area contributed by atoms with Crippen LogP contribution in [-0.2, 0) is 5.54 Å². The summed E-state index contributed by atoms with van der Waals surface area (Å²) in [5.41, 5.74) is 7.39. The molecule has 21 heavy (non-hydrogen) atoms. The van der Waals surface area contributed by atoms with Gasteiger partial charge in [-0.25, -0.2) is 4.39 Å². The lowest BCUT2D eigenvalue weighted by Crippen LogP contribution is -2.38. The number of nitrogens with zero attached hydrogens (tertiary/aromatic N) is 2. The standard InChI is InChI=1S/C17H16FN3/c1-2-17(19,16-8-7-13(18)10-21-16)15-11-20-9-12-5-3-4-6-14(12)15/h3-11H,2,19H2,1H3. The van der Waals surface area contributed by atoms with Gasteiger partial charge in [0.2, 0.25) is 0 Å². The molecule has 0 amide bonds. The topological polar surface area (TPSA) is 51.8 Å². The molecule has 0 fully saturated rings. The zero-order chi connectivity index (χ0) is 14.9. The highest BCUT2D eigenvalue weighted by Crippen LogP contribution is 2.33. The molecule has 0 saturated heterocycles. The first kappa shape index (κ1) is 13.6. The molecule has 0 aliphatic heterocycles. The smallest absolute Gasteiger partial charge is 0.141 e. The van der Waals surface area contributed by atoms with Crippen molar-refractivity contribution in [3.63, 3.8) is 0 Å². The van der Waals surface area contributed by atoms with Crippen molar-refractivity contribution in [1.82, 2.24) is 9.97 Å². The van der Waals surface area contributed by atoms with E-state index in [1.54, 1.807) is 12.3 Å². The van der Waals surface area contributed by atoms with Crippen molar-refractivity contribution in [1.29, 1.82) is 0 Å². The van der Waals surface area contributed by atoms with Gasteiger partial charge in [-0.3, -0.25) is 9.97 Å². The van der Waals surface area contributed by atoms with Crippen molar-refractivity contribution < 1.29 is 4.39 Å². The average molecular weight is 281 g/mol. The van der Waals surface area contributed by atoms with Gasteiger partial charge in [0.1, 0.15) is 5.82 Å². The van der Waals surface area contributed by atoms with E-state index >= 15 is 0 Å². The molecule has 0 radical (unpaired) electrons. The second-order valence-electron chi connectivity index (χ2n) is 5.09. The lowest BCUT2D eigenvalue weighted by molar-refractivity contribution is 0.501. The number of hydrogen-bond donors (Lipinski definition) is 1. The van der Waals surface area contributed by atoms with E-state index in [0.29, 0.717) is 12.1 Å². The molecule has 3 nitrogen and oxygen atoms in total. The highest BCUT2D eigenvalue weighted by atomic mass is 19.1. The molecule has 106 valence electrons. The van der Waals surface area contributed by atoms with Crippen LogP contribution < -0.4 is 5.73 Å². The zero-order valence-electron chi connectivity index (χ0n) is 11.8. The maximum atomic E-state index is 13.1. The first-order chi connectivity index (χ1) is 10.1. The second kappa shape index (κ2) is 5.22. The van der Waals surface area contributed by atoms with E-state index in [9.17, 15) is 4.39 Å². The SMILES string of the molecule is CCC(N)(c1ccc(F)cn1)c1cncc2ccccc12. The lowest BCUT2D eigenvalue weighted by atomic mass is 9.83. The van der Waals surface area contributed by atoms with Crippen molar-refractivity contribution in [2.24, 2.45) is 5.73 Å². The molecule has 0 aliphatic rings. The normalized spacial score (nSPS) is 14.0. The first-order valence-electron chi connectivity index (χ1n) is 6.89. The van der Waals surface area contributed by atoms with E-state index < -0.39 is 5.54 Å². The van der Waals surface area contributed by atoms with E-state index in [2.05, 4.69) is 9.97 Å². The van der Waals surface area contributed by atoms with E-state index in [-0.39, 0.29) is 5.82 Å². The molecule has 1 atom stereocenters. The van der Waals surface area contributed by atoms with Crippen molar-refractivity contribution in [2.45, 2.75) is 18.9 Å². The molecule has 2 heterocycles. The third-order valence-electron chi connectivity index (χ3n) is 3.89. The van der Waals surface area contributed by atoms with Gasteiger partial charge in [-0.15, -0.1) is 0 Å². The molecule has 1 unspecified atom stereocenters. The Kier molecular flexibility index (Phi) is 3.39. The number of halogens is 1. The third kappa shape index (κ3) is 2.28. The summed E-state index contributed by atoms with van der Waals surface area (Å²) in [6, 6.07) is 11.0. The minimum Gasteiger partial charge on any atom is -0.316 e. The molecule has 2 aromatic heterocycles. The maximum absolute atomic E-state index is 13.1. The summed E-state index contributed by atoms with van der Waals surface area (Å²) < 4.78 is 13.1. The van der Waals surface area contributed by atoms with Gasteiger partial charge in [-0.05, 0) is 23.9 Å². The quantitative estimate of drug-likeness (QED) is 0.800. The summed E-state index contributed by atoms with van der Waals surface area (Å²) in [5.74, 6) is -0.367. The van der Waals surface area contributed by atoms with Gasteiger partial charge in [-0.2, -0.15) is 0 Å². The molecular formula is C17H16FN3. The minimum atomic E-state index is -0.790. The van der Waals surface area contributed by atoms with E-state index in [1.807, 2.05) is 37.4 Å². The van der Waals surface area contributed by atoms with Crippen LogP contribution in [0, 0.1) is 5.82 Å². The van der Waals surface area contributed by atoms with Crippen LogP contribution in [0.15, 0.2) is 55.0 Å². The van der Waals surface area contributed by atoms with Crippen molar-refractivity contribution in [3.8, 4) is 0 Å². The fraction of sp³-hybridized carbons (Fsp3) is 0.176. The Hall–Kier alpha value is -2.33. The second-order valence-corrected chi connectivity index (χ2v) is 5.09. The van der Waals surface area contributed by atoms with Gasteiger partial charge in [-0.1, -0.05) is 31.2 Å². The first-order valence-corrected chi connectivity index (χ1v) is 6.89. The van der Waals surface area contributed by atoms with E-state index in [1.165, 1.54) is 12.3 Å². The summed E-state index contributed by atoms with van der Waals surface area (Å²) in [5, 5.41) is 2.07. The molecule has 0 aliphatic carbocycles. The number of fused-ring (bicyclic) bond motifs is 1. The number of rotatable bonds is 3. The fourth-order valence-corrected chi connectivity index (χ4v) is 2.62. The maximum Gasteiger partial charge on any atom is 0.141 e. The highest BCUT2D eigenvalue weighted by Gasteiger charge is 2.31. The molecule has 0 saturated carbocycles. The number of pyridine rings is 2. The van der Waals surface area contributed by atoms with Crippen LogP contribution in [0.2, 0.25) is 0 Å². The summed E-state index contributed by atoms with van der Waals surface area (Å²) >= 11 is 0. The van der Waals surface area contributed by atoms with Gasteiger partial charge >= 0.3 is 0 Å². The van der Waals surface area contributed by atoms with Gasteiger partial charge in [0.05, 0.1) is 17.4 Å². The predicted octanol–water partition coefficient (Wildman–Crippen LogP) is 3.38. The number of nitrogens with two attached hydrogens (primary N) is 1. The van der Waals surface area contributed by atoms with Gasteiger partial charge in [0.15, 0.2) is 0 Å². The summed E-state index contributed by atoms with van der Waals surface area (Å²) in [6.07, 6.45) is 5.43. The third-order valence-corrected chi connectivity index (χ3v) is 3.89. The Bertz CT molecular complexity index is 765. The van der Waals surface area contributed by atoms with Crippen LogP contribution in [0.4, 0.5) is 4.39 Å². The molecule has 3 aromatic rings. The number of hydrogen-bond acceptors (Lipinski definition) is 3. The van der Waals surface area contributed by atoms with Crippen molar-refractivity contribution in [3.05, 3.63) is 72.1 Å². The molecule has 3 rings (SSSR count). The van der Waals surface area contributed by atoms with Gasteiger partial charge in [0.25, 0.3) is 0 Å². The number of aromatic nitrogens is 2. The molecule has 2 N–H and O–H groups in total. The van der Waals surface area contributed by atoms with Gasteiger partial charge < -0.3 is 5.73 Å². The average Bonchev–Trinajstić information content (AvgIpc) is 2.54. The Labute approximate surface area is 122 Å². The Morgan fingerprint density at radius 1 is 1.10 bits per heavy atom. The summed E-state index contributed by atoms with van der Waals surface area (Å²) in [4.78, 5) is 8.46. The largest absolute Gasteiger partial charge is 0.316 e. The molecule has 1 aromatic carbocycles. The summed E-state index contributed by atoms with van der Waals surface area (Å²) in [7, 11) is 0. The van der Waals surface area contributed by atoms with Crippen LogP contribution in [0.25, 0.3) is 10.8 Å². The summed E-state index contributed by atoms with van der Waals surface area (Å²) in [6.45, 7) is 1.99. The zero-order valence-corrected chi connectivity index (χ0v) is 11.8. The van der Waals surface area contributed by atoms with Crippen LogP contribution >= 0.6 is 0 Å². The molecular weight excluding hydrogens is 265 g/mol. The molecule has 0 bridgehead atoms. The Balaban J connectivity index is 2.24. The van der Waals surface area contributed by atoms with Crippen LogP contribution in [0.3, 0.4) is 0 Å². The van der Waals surface area contributed by atoms with Crippen LogP contribution in [0.1, 0.15) is 24.6 Å². The lowest BCUT2D eigenvalue weighted by Gasteiger charge is -2.29. The molecule has 4 heteroatoms. The Morgan fingerprint density at radius 2 is 1.90 bits per heavy atom. The highest BCUT2D eigenvalue weighted by molar-refractivity contribution is 5.86. The van der Waals surface area contributed by atoms with E-state index in [0.717, 1.165) is 16.3 Å². The monoisotopic (exact) mass is 281 g/mol. The fourth-order valence-electron chi connectivity index (χ4n) is 2.62. The van der Waals surface area contributed by atoms with Crippen LogP contribution in [0.5, 0.6) is 0 Å². The van der Waals surface area contributed by atoms with Crippen molar-refractivity contribution in [2.75, 3.05) is 0 Å². The van der Waals surface area contributed by atoms with Crippen molar-refractivity contribution >= 4 is 10.8 Å². The molecule has 0 spiro atoms. The number of benzene rings is 1. The van der Waals surface area contributed by atoms with Crippen LogP contribution in [-0.4, -0.2) is 9.97 Å². The van der Waals surface area contributed by atoms with Gasteiger partial charge in [0, 0.05) is 23.3 Å². The Morgan fingerprint density at radius 3 is 2.62 bits per heavy atom. The minimum absolute atomic E-state index is 0.367. The predicted molar refractivity (Wildman–Crippen MR) is 81.2 cm³/mol. The van der Waals surface area contributed by atoms with E-state index in [4.69, 9.17) is 5.73 Å².